The van der Waals surface area contributed by atoms with Crippen molar-refractivity contribution in [1.82, 2.24) is 4.98 Å². The number of aromatic amines is 1. The van der Waals surface area contributed by atoms with E-state index in [0.29, 0.717) is 10.9 Å². The summed E-state index contributed by atoms with van der Waals surface area (Å²) in [6, 6.07) is 6.79. The number of aromatic nitrogens is 1. The van der Waals surface area contributed by atoms with Gasteiger partial charge < -0.3 is 4.98 Å². The first-order valence-corrected chi connectivity index (χ1v) is 4.99. The highest BCUT2D eigenvalue weighted by Gasteiger charge is 2.36. The van der Waals surface area contributed by atoms with Crippen molar-refractivity contribution < 1.29 is 13.2 Å². The summed E-state index contributed by atoms with van der Waals surface area (Å²) in [4.78, 5) is 2.38. The molecule has 0 saturated heterocycles. The van der Waals surface area contributed by atoms with Crippen LogP contribution in [-0.4, -0.2) is 4.98 Å². The Morgan fingerprint density at radius 3 is 2.65 bits per heavy atom. The zero-order chi connectivity index (χ0) is 12.6. The summed E-state index contributed by atoms with van der Waals surface area (Å²) >= 11 is 0. The highest BCUT2D eigenvalue weighted by Crippen LogP contribution is 2.36. The Bertz CT molecular complexity index is 602. The van der Waals surface area contributed by atoms with Gasteiger partial charge in [0, 0.05) is 16.5 Å². The van der Waals surface area contributed by atoms with Crippen LogP contribution in [0.1, 0.15) is 16.8 Å². The quantitative estimate of drug-likeness (QED) is 0.810. The summed E-state index contributed by atoms with van der Waals surface area (Å²) in [7, 11) is 0. The largest absolute Gasteiger partial charge is 0.431 e. The molecule has 0 unspecified atom stereocenters. The molecule has 2 nitrogen and oxygen atoms in total. The molecule has 1 N–H and O–H groups in total. The first kappa shape index (κ1) is 11.5. The fraction of sp³-hybridized carbons (Fsp3) is 0.250. The predicted octanol–water partition coefficient (Wildman–Crippen LogP) is 3.56. The highest BCUT2D eigenvalue weighted by atomic mass is 19.4. The standard InChI is InChI=1S/C12H9F3N2/c1-7-3-2-4-8-9(5-6-16)11(12(13,14)15)17-10(7)8/h2-4,17H,5H2,1H3. The number of nitrogens with zero attached hydrogens (tertiary/aromatic N) is 1. The van der Waals surface area contributed by atoms with Gasteiger partial charge in [-0.1, -0.05) is 18.2 Å². The van der Waals surface area contributed by atoms with Gasteiger partial charge in [-0.15, -0.1) is 0 Å². The van der Waals surface area contributed by atoms with Crippen LogP contribution in [0.2, 0.25) is 0 Å². The van der Waals surface area contributed by atoms with Crippen LogP contribution in [0.3, 0.4) is 0 Å². The molecule has 5 heteroatoms. The number of para-hydroxylation sites is 1. The number of H-pyrrole nitrogens is 1. The molecule has 0 aliphatic carbocycles. The number of aryl methyl sites for hydroxylation is 1. The zero-order valence-electron chi connectivity index (χ0n) is 9.02. The number of benzene rings is 1. The van der Waals surface area contributed by atoms with Crippen LogP contribution in [0.15, 0.2) is 18.2 Å². The molecule has 0 spiro atoms. The van der Waals surface area contributed by atoms with Gasteiger partial charge in [0.1, 0.15) is 5.69 Å². The number of fused-ring (bicyclic) bond motifs is 1. The monoisotopic (exact) mass is 238 g/mol. The lowest BCUT2D eigenvalue weighted by Crippen LogP contribution is -2.08. The average Bonchev–Trinajstić information content (AvgIpc) is 2.59. The van der Waals surface area contributed by atoms with Crippen molar-refractivity contribution in [3.63, 3.8) is 0 Å². The predicted molar refractivity (Wildman–Crippen MR) is 57.4 cm³/mol. The maximum atomic E-state index is 12.8. The van der Waals surface area contributed by atoms with E-state index in [1.807, 2.05) is 0 Å². The molecule has 0 atom stereocenters. The van der Waals surface area contributed by atoms with Gasteiger partial charge in [0.25, 0.3) is 0 Å². The van der Waals surface area contributed by atoms with Crippen molar-refractivity contribution in [2.75, 3.05) is 0 Å². The number of hydrogen-bond acceptors (Lipinski definition) is 1. The average molecular weight is 238 g/mol. The Balaban J connectivity index is 2.81. The van der Waals surface area contributed by atoms with Crippen molar-refractivity contribution >= 4 is 10.9 Å². The van der Waals surface area contributed by atoms with Gasteiger partial charge in [0.2, 0.25) is 0 Å². The molecule has 1 heterocycles. The number of alkyl halides is 3. The normalized spacial score (nSPS) is 11.7. The zero-order valence-corrected chi connectivity index (χ0v) is 9.02. The smallest absolute Gasteiger partial charge is 0.351 e. The summed E-state index contributed by atoms with van der Waals surface area (Å²) in [6.45, 7) is 1.73. The summed E-state index contributed by atoms with van der Waals surface area (Å²) < 4.78 is 38.4. The third-order valence-electron chi connectivity index (χ3n) is 2.69. The minimum Gasteiger partial charge on any atom is -0.351 e. The number of rotatable bonds is 1. The molecule has 17 heavy (non-hydrogen) atoms. The van der Waals surface area contributed by atoms with Gasteiger partial charge in [-0.3, -0.25) is 0 Å². The van der Waals surface area contributed by atoms with Crippen LogP contribution in [0, 0.1) is 18.3 Å². The van der Waals surface area contributed by atoms with E-state index in [9.17, 15) is 13.2 Å². The maximum Gasteiger partial charge on any atom is 0.431 e. The number of halogens is 3. The van der Waals surface area contributed by atoms with Gasteiger partial charge >= 0.3 is 6.18 Å². The van der Waals surface area contributed by atoms with Crippen LogP contribution in [0.25, 0.3) is 10.9 Å². The Hall–Kier alpha value is -1.96. The van der Waals surface area contributed by atoms with E-state index in [4.69, 9.17) is 5.26 Å². The van der Waals surface area contributed by atoms with Crippen LogP contribution < -0.4 is 0 Å². The first-order valence-electron chi connectivity index (χ1n) is 4.99. The van der Waals surface area contributed by atoms with Crippen molar-refractivity contribution in [2.45, 2.75) is 19.5 Å². The highest BCUT2D eigenvalue weighted by molar-refractivity contribution is 5.87. The molecule has 0 amide bonds. The topological polar surface area (TPSA) is 39.6 Å². The fourth-order valence-corrected chi connectivity index (χ4v) is 1.92. The molecular formula is C12H9F3N2. The molecule has 2 rings (SSSR count). The molecule has 0 radical (unpaired) electrons. The van der Waals surface area contributed by atoms with Gasteiger partial charge in [0.15, 0.2) is 0 Å². The third kappa shape index (κ3) is 1.86. The Morgan fingerprint density at radius 1 is 1.35 bits per heavy atom. The Kier molecular flexibility index (Phi) is 2.58. The lowest BCUT2D eigenvalue weighted by molar-refractivity contribution is -0.141. The Morgan fingerprint density at radius 2 is 2.06 bits per heavy atom. The van der Waals surface area contributed by atoms with Crippen molar-refractivity contribution in [2.24, 2.45) is 0 Å². The van der Waals surface area contributed by atoms with E-state index in [2.05, 4.69) is 4.98 Å². The van der Waals surface area contributed by atoms with Gasteiger partial charge in [-0.25, -0.2) is 0 Å². The van der Waals surface area contributed by atoms with Gasteiger partial charge in [0.05, 0.1) is 12.5 Å². The van der Waals surface area contributed by atoms with Gasteiger partial charge in [-0.05, 0) is 12.5 Å². The van der Waals surface area contributed by atoms with E-state index in [1.165, 1.54) is 0 Å². The minimum absolute atomic E-state index is 0.0266. The summed E-state index contributed by atoms with van der Waals surface area (Å²) in [5, 5.41) is 9.10. The van der Waals surface area contributed by atoms with E-state index < -0.39 is 11.9 Å². The second-order valence-corrected chi connectivity index (χ2v) is 3.81. The second-order valence-electron chi connectivity index (χ2n) is 3.81. The molecule has 0 saturated carbocycles. The summed E-state index contributed by atoms with van der Waals surface area (Å²) in [6.07, 6.45) is -4.71. The lowest BCUT2D eigenvalue weighted by Gasteiger charge is -2.05. The van der Waals surface area contributed by atoms with E-state index in [-0.39, 0.29) is 12.0 Å². The second kappa shape index (κ2) is 3.81. The van der Waals surface area contributed by atoms with Gasteiger partial charge in [-0.2, -0.15) is 18.4 Å². The van der Waals surface area contributed by atoms with Crippen molar-refractivity contribution in [1.29, 1.82) is 5.26 Å². The summed E-state index contributed by atoms with van der Waals surface area (Å²) in [5.74, 6) is 0. The number of nitrogens with one attached hydrogen (secondary N) is 1. The molecule has 0 fully saturated rings. The maximum absolute atomic E-state index is 12.8. The van der Waals surface area contributed by atoms with Crippen molar-refractivity contribution in [3.05, 3.63) is 35.0 Å². The lowest BCUT2D eigenvalue weighted by atomic mass is 10.1. The fourth-order valence-electron chi connectivity index (χ4n) is 1.92. The number of nitriles is 1. The molecule has 0 aliphatic rings. The third-order valence-corrected chi connectivity index (χ3v) is 2.69. The van der Waals surface area contributed by atoms with E-state index in [0.717, 1.165) is 5.56 Å². The molecule has 1 aromatic heterocycles. The van der Waals surface area contributed by atoms with Crippen LogP contribution >= 0.6 is 0 Å². The number of hydrogen-bond donors (Lipinski definition) is 1. The molecule has 1 aromatic carbocycles. The molecule has 88 valence electrons. The Labute approximate surface area is 95.7 Å². The van der Waals surface area contributed by atoms with E-state index in [1.54, 1.807) is 31.2 Å². The van der Waals surface area contributed by atoms with E-state index >= 15 is 0 Å². The molecular weight excluding hydrogens is 229 g/mol. The van der Waals surface area contributed by atoms with Crippen LogP contribution in [-0.2, 0) is 12.6 Å². The molecule has 0 aliphatic heterocycles. The van der Waals surface area contributed by atoms with Crippen LogP contribution in [0.5, 0.6) is 0 Å². The SMILES string of the molecule is Cc1cccc2c(CC#N)c(C(F)(F)F)[nH]c12. The van der Waals surface area contributed by atoms with Crippen molar-refractivity contribution in [3.8, 4) is 6.07 Å². The molecule has 2 aromatic rings. The summed E-state index contributed by atoms with van der Waals surface area (Å²) in [5.41, 5.74) is 0.393. The first-order chi connectivity index (χ1) is 7.95. The minimum atomic E-state index is -4.46. The van der Waals surface area contributed by atoms with Crippen LogP contribution in [0.4, 0.5) is 13.2 Å². The molecule has 0 bridgehead atoms.